The minimum absolute atomic E-state index is 0.00429. The number of hydrogen-bond donors (Lipinski definition) is 1. The summed E-state index contributed by atoms with van der Waals surface area (Å²) in [5.74, 6) is -4.58. The summed E-state index contributed by atoms with van der Waals surface area (Å²) < 4.78 is 42.4. The summed E-state index contributed by atoms with van der Waals surface area (Å²) >= 11 is 8.84. The Balaban J connectivity index is 2.77. The van der Waals surface area contributed by atoms with E-state index < -0.39 is 24.7 Å². The summed E-state index contributed by atoms with van der Waals surface area (Å²) in [6.07, 6.45) is -4.87. The molecule has 1 N–H and O–H groups in total. The van der Waals surface area contributed by atoms with Gasteiger partial charge in [-0.1, -0.05) is 27.5 Å². The molecule has 0 spiro atoms. The van der Waals surface area contributed by atoms with Gasteiger partial charge in [0.2, 0.25) is 0 Å². The first-order valence-corrected chi connectivity index (χ1v) is 5.76. The molecular weight excluding hydrogens is 340 g/mol. The second kappa shape index (κ2) is 5.79. The molecule has 100 valence electrons. The first-order valence-electron chi connectivity index (χ1n) is 4.59. The van der Waals surface area contributed by atoms with Crippen molar-refractivity contribution in [2.75, 3.05) is 6.61 Å². The average Bonchev–Trinajstić information content (AvgIpc) is 2.18. The molecule has 0 radical (unpaired) electrons. The lowest BCUT2D eigenvalue weighted by molar-refractivity contribution is -0.198. The molecule has 18 heavy (non-hydrogen) atoms. The van der Waals surface area contributed by atoms with E-state index >= 15 is 0 Å². The number of aliphatic carboxylic acids is 1. The molecule has 0 saturated carbocycles. The highest BCUT2D eigenvalue weighted by Crippen LogP contribution is 2.31. The Kier molecular flexibility index (Phi) is 4.86. The molecule has 0 aliphatic heterocycles. The Hall–Kier alpha value is -0.950. The number of alkyl halides is 3. The van der Waals surface area contributed by atoms with Gasteiger partial charge in [-0.2, -0.15) is 13.2 Å². The van der Waals surface area contributed by atoms with E-state index in [1.54, 1.807) is 0 Å². The molecule has 0 heterocycles. The van der Waals surface area contributed by atoms with Crippen molar-refractivity contribution in [1.82, 2.24) is 0 Å². The van der Waals surface area contributed by atoms with Crippen LogP contribution >= 0.6 is 27.5 Å². The minimum Gasteiger partial charge on any atom is -0.491 e. The first-order chi connectivity index (χ1) is 8.21. The lowest BCUT2D eigenvalue weighted by Gasteiger charge is -2.17. The third-order valence-electron chi connectivity index (χ3n) is 1.99. The van der Waals surface area contributed by atoms with E-state index in [0.29, 0.717) is 4.47 Å². The highest BCUT2D eigenvalue weighted by Gasteiger charge is 2.45. The molecule has 0 bridgehead atoms. The summed E-state index contributed by atoms with van der Waals surface area (Å²) in [6.45, 7) is -1.03. The molecule has 1 aromatic rings. The number of hydrogen-bond acceptors (Lipinski definition) is 2. The van der Waals surface area contributed by atoms with E-state index in [-0.39, 0.29) is 10.8 Å². The van der Waals surface area contributed by atoms with E-state index in [9.17, 15) is 18.0 Å². The minimum atomic E-state index is -4.87. The van der Waals surface area contributed by atoms with E-state index in [0.717, 1.165) is 0 Å². The maximum Gasteiger partial charge on any atom is 0.405 e. The maximum atomic E-state index is 12.3. The molecule has 0 saturated heterocycles. The van der Waals surface area contributed by atoms with E-state index in [1.165, 1.54) is 18.2 Å². The Morgan fingerprint density at radius 1 is 1.50 bits per heavy atom. The summed E-state index contributed by atoms with van der Waals surface area (Å²) in [7, 11) is 0. The van der Waals surface area contributed by atoms with Gasteiger partial charge in [0, 0.05) is 4.47 Å². The SMILES string of the molecule is O=C(O)C(COc1ccc(Br)cc1Cl)C(F)(F)F. The van der Waals surface area contributed by atoms with Crippen LogP contribution in [0, 0.1) is 5.92 Å². The van der Waals surface area contributed by atoms with Crippen LogP contribution in [-0.4, -0.2) is 23.9 Å². The fourth-order valence-corrected chi connectivity index (χ4v) is 1.80. The van der Waals surface area contributed by atoms with Crippen molar-refractivity contribution in [1.29, 1.82) is 0 Å². The van der Waals surface area contributed by atoms with Gasteiger partial charge in [0.1, 0.15) is 12.4 Å². The van der Waals surface area contributed by atoms with Gasteiger partial charge in [0.25, 0.3) is 0 Å². The lowest BCUT2D eigenvalue weighted by Crippen LogP contribution is -2.35. The monoisotopic (exact) mass is 346 g/mol. The summed E-state index contributed by atoms with van der Waals surface area (Å²) in [4.78, 5) is 10.5. The molecular formula is C10H7BrClF3O3. The van der Waals surface area contributed by atoms with Gasteiger partial charge in [0.05, 0.1) is 5.02 Å². The van der Waals surface area contributed by atoms with E-state index in [4.69, 9.17) is 21.4 Å². The number of carboxylic acids is 1. The normalized spacial score (nSPS) is 13.2. The van der Waals surface area contributed by atoms with Gasteiger partial charge >= 0.3 is 12.1 Å². The quantitative estimate of drug-likeness (QED) is 0.902. The van der Waals surface area contributed by atoms with Crippen molar-refractivity contribution in [2.24, 2.45) is 5.92 Å². The number of ether oxygens (including phenoxy) is 1. The van der Waals surface area contributed by atoms with Crippen molar-refractivity contribution in [3.8, 4) is 5.75 Å². The summed E-state index contributed by atoms with van der Waals surface area (Å²) in [5, 5.41) is 8.55. The summed E-state index contributed by atoms with van der Waals surface area (Å²) in [6, 6.07) is 4.30. The first kappa shape index (κ1) is 15.1. The third kappa shape index (κ3) is 4.06. The third-order valence-corrected chi connectivity index (χ3v) is 2.78. The zero-order chi connectivity index (χ0) is 13.9. The summed E-state index contributed by atoms with van der Waals surface area (Å²) in [5.41, 5.74) is 0. The number of halogens is 5. The number of rotatable bonds is 4. The second-order valence-electron chi connectivity index (χ2n) is 3.32. The molecule has 1 rings (SSSR count). The second-order valence-corrected chi connectivity index (χ2v) is 4.64. The van der Waals surface area contributed by atoms with Gasteiger partial charge in [-0.25, -0.2) is 0 Å². The Bertz CT molecular complexity index is 450. The standard InChI is InChI=1S/C10H7BrClF3O3/c11-5-1-2-8(7(12)3-5)18-4-6(9(16)17)10(13,14)15/h1-3,6H,4H2,(H,16,17). The van der Waals surface area contributed by atoms with Gasteiger partial charge < -0.3 is 9.84 Å². The largest absolute Gasteiger partial charge is 0.491 e. The Labute approximate surface area is 114 Å². The molecule has 0 amide bonds. The highest BCUT2D eigenvalue weighted by molar-refractivity contribution is 9.10. The van der Waals surface area contributed by atoms with Gasteiger partial charge in [-0.05, 0) is 18.2 Å². The van der Waals surface area contributed by atoms with Crippen LogP contribution in [0.3, 0.4) is 0 Å². The van der Waals surface area contributed by atoms with Crippen LogP contribution in [0.2, 0.25) is 5.02 Å². The van der Waals surface area contributed by atoms with Crippen molar-refractivity contribution in [3.63, 3.8) is 0 Å². The van der Waals surface area contributed by atoms with Gasteiger partial charge in [-0.3, -0.25) is 4.79 Å². The fourth-order valence-electron chi connectivity index (χ4n) is 1.07. The van der Waals surface area contributed by atoms with Crippen molar-refractivity contribution in [2.45, 2.75) is 6.18 Å². The van der Waals surface area contributed by atoms with Crippen LogP contribution in [0.25, 0.3) is 0 Å². The van der Waals surface area contributed by atoms with Crippen LogP contribution in [0.15, 0.2) is 22.7 Å². The number of benzene rings is 1. The van der Waals surface area contributed by atoms with Crippen LogP contribution in [-0.2, 0) is 4.79 Å². The molecule has 0 aliphatic rings. The van der Waals surface area contributed by atoms with Crippen LogP contribution in [0.5, 0.6) is 5.75 Å². The van der Waals surface area contributed by atoms with Crippen molar-refractivity contribution in [3.05, 3.63) is 27.7 Å². The predicted molar refractivity (Wildman–Crippen MR) is 61.8 cm³/mol. The molecule has 0 fully saturated rings. The maximum absolute atomic E-state index is 12.3. The molecule has 0 aromatic heterocycles. The molecule has 8 heteroatoms. The van der Waals surface area contributed by atoms with Crippen LogP contribution in [0.4, 0.5) is 13.2 Å². The molecule has 1 atom stereocenters. The topological polar surface area (TPSA) is 46.5 Å². The van der Waals surface area contributed by atoms with Crippen LogP contribution < -0.4 is 4.74 Å². The van der Waals surface area contributed by atoms with Gasteiger partial charge in [-0.15, -0.1) is 0 Å². The van der Waals surface area contributed by atoms with Crippen molar-refractivity contribution < 1.29 is 27.8 Å². The molecule has 0 aliphatic carbocycles. The number of carboxylic acid groups (broad SMARTS) is 1. The highest BCUT2D eigenvalue weighted by atomic mass is 79.9. The van der Waals surface area contributed by atoms with Crippen molar-refractivity contribution >= 4 is 33.5 Å². The Morgan fingerprint density at radius 3 is 2.56 bits per heavy atom. The van der Waals surface area contributed by atoms with Crippen LogP contribution in [0.1, 0.15) is 0 Å². The van der Waals surface area contributed by atoms with E-state index in [2.05, 4.69) is 15.9 Å². The zero-order valence-corrected chi connectivity index (χ0v) is 11.0. The van der Waals surface area contributed by atoms with Gasteiger partial charge in [0.15, 0.2) is 5.92 Å². The molecule has 1 unspecified atom stereocenters. The lowest BCUT2D eigenvalue weighted by atomic mass is 10.1. The molecule has 1 aromatic carbocycles. The predicted octanol–water partition coefficient (Wildman–Crippen LogP) is 3.74. The zero-order valence-electron chi connectivity index (χ0n) is 8.67. The Morgan fingerprint density at radius 2 is 2.11 bits per heavy atom. The average molecular weight is 348 g/mol. The van der Waals surface area contributed by atoms with E-state index in [1.807, 2.05) is 0 Å². The fraction of sp³-hybridized carbons (Fsp3) is 0.300. The smallest absolute Gasteiger partial charge is 0.405 e. The number of carbonyl (C=O) groups is 1. The molecule has 3 nitrogen and oxygen atoms in total.